The van der Waals surface area contributed by atoms with Gasteiger partial charge in [-0.05, 0) is 121 Å². The van der Waals surface area contributed by atoms with Gasteiger partial charge in [0.25, 0.3) is 0 Å². The molecule has 2 aliphatic rings. The third-order valence-electron chi connectivity index (χ3n) is 11.2. The van der Waals surface area contributed by atoms with Gasteiger partial charge in [0.2, 0.25) is 0 Å². The van der Waals surface area contributed by atoms with Gasteiger partial charge in [0.15, 0.2) is 0 Å². The summed E-state index contributed by atoms with van der Waals surface area (Å²) in [6, 6.07) is 0. The van der Waals surface area contributed by atoms with Crippen molar-refractivity contribution in [3.63, 3.8) is 0 Å². The van der Waals surface area contributed by atoms with Gasteiger partial charge in [0, 0.05) is 24.7 Å². The topological polar surface area (TPSA) is 43.4 Å². The summed E-state index contributed by atoms with van der Waals surface area (Å²) < 4.78 is 29.9. The fourth-order valence-corrected chi connectivity index (χ4v) is 18.0. The van der Waals surface area contributed by atoms with Gasteiger partial charge >= 0.3 is 0 Å². The summed E-state index contributed by atoms with van der Waals surface area (Å²) in [5, 5.41) is 0. The first-order chi connectivity index (χ1) is 26.6. The van der Waals surface area contributed by atoms with Gasteiger partial charge < -0.3 is 28.1 Å². The van der Waals surface area contributed by atoms with Crippen LogP contribution >= 0.6 is 41.2 Å². The van der Waals surface area contributed by atoms with Crippen LogP contribution in [0.1, 0.15) is 182 Å². The lowest BCUT2D eigenvalue weighted by molar-refractivity contribution is -0.0960. The first-order valence-corrected chi connectivity index (χ1v) is 31.1. The Balaban J connectivity index is 1.41. The second-order valence-electron chi connectivity index (χ2n) is 16.6. The molecule has 6 nitrogen and oxygen atoms in total. The van der Waals surface area contributed by atoms with Gasteiger partial charge in [0.05, 0.1) is 31.6 Å². The Morgan fingerprint density at radius 2 is 0.870 bits per heavy atom. The molecule has 54 heavy (non-hydrogen) atoms. The molecular formula is C42H88N2O4S4Si2. The van der Waals surface area contributed by atoms with Crippen molar-refractivity contribution in [3.05, 3.63) is 0 Å². The van der Waals surface area contributed by atoms with Crippen LogP contribution in [0.5, 0.6) is 0 Å². The van der Waals surface area contributed by atoms with Crippen LogP contribution in [0.2, 0.25) is 11.1 Å². The molecule has 0 aromatic carbocycles. The molecule has 2 aliphatic heterocycles. The Hall–Kier alpha value is 1.59. The van der Waals surface area contributed by atoms with Gasteiger partial charge in [-0.1, -0.05) is 139 Å². The molecule has 0 aliphatic carbocycles. The van der Waals surface area contributed by atoms with Crippen LogP contribution in [0.15, 0.2) is 0 Å². The molecule has 0 N–H and O–H groups in total. The van der Waals surface area contributed by atoms with Crippen LogP contribution < -0.4 is 0 Å². The van der Waals surface area contributed by atoms with E-state index in [4.69, 9.17) is 18.9 Å². The predicted octanol–water partition coefficient (Wildman–Crippen LogP) is 12.2. The minimum Gasteiger partial charge on any atom is -0.355 e. The SMILES string of the molecule is CCCCCCCCCCOCOC1CCC(C)[SiH2]N(CCCSSSSCCCN2CCC(OCOCCCCCCCCCC)CCC(C)[SiH2]2)CC1. The quantitative estimate of drug-likeness (QED) is 0.0266. The van der Waals surface area contributed by atoms with Crippen molar-refractivity contribution in [2.45, 2.75) is 205 Å². The van der Waals surface area contributed by atoms with Crippen molar-refractivity contribution in [3.8, 4) is 0 Å². The maximum absolute atomic E-state index is 6.22. The van der Waals surface area contributed by atoms with E-state index in [0.717, 1.165) is 24.3 Å². The highest BCUT2D eigenvalue weighted by atomic mass is 33.7. The summed E-state index contributed by atoms with van der Waals surface area (Å²) in [4.78, 5) is 0. The van der Waals surface area contributed by atoms with Gasteiger partial charge in [-0.3, -0.25) is 0 Å². The average molecular weight is 870 g/mol. The molecule has 2 saturated heterocycles. The number of unbranched alkanes of at least 4 members (excludes halogenated alkanes) is 14. The lowest BCUT2D eigenvalue weighted by Gasteiger charge is -2.31. The maximum atomic E-state index is 6.22. The van der Waals surface area contributed by atoms with Crippen LogP contribution in [0.3, 0.4) is 0 Å². The Morgan fingerprint density at radius 1 is 0.481 bits per heavy atom. The number of ether oxygens (including phenoxy) is 4. The molecule has 2 rings (SSSR count). The van der Waals surface area contributed by atoms with E-state index in [-0.39, 0.29) is 19.4 Å². The van der Waals surface area contributed by atoms with E-state index < -0.39 is 0 Å². The summed E-state index contributed by atoms with van der Waals surface area (Å²) in [6.07, 6.45) is 32.3. The lowest BCUT2D eigenvalue weighted by Crippen LogP contribution is -2.37. The Kier molecular flexibility index (Phi) is 37.1. The van der Waals surface area contributed by atoms with Crippen LogP contribution in [0, 0.1) is 0 Å². The molecule has 12 heteroatoms. The molecule has 0 spiro atoms. The molecule has 0 radical (unpaired) electrons. The zero-order valence-electron chi connectivity index (χ0n) is 35.9. The molecule has 0 aromatic rings. The van der Waals surface area contributed by atoms with Gasteiger partial charge in [-0.25, -0.2) is 0 Å². The molecular weight excluding hydrogens is 781 g/mol. The van der Waals surface area contributed by atoms with Crippen LogP contribution in [-0.4, -0.2) is 105 Å². The minimum absolute atomic E-state index is 0.153. The summed E-state index contributed by atoms with van der Waals surface area (Å²) in [5.74, 6) is 2.52. The molecule has 322 valence electrons. The highest BCUT2D eigenvalue weighted by Gasteiger charge is 2.21. The predicted molar refractivity (Wildman–Crippen MR) is 253 cm³/mol. The van der Waals surface area contributed by atoms with Crippen LogP contribution in [-0.2, 0) is 18.9 Å². The molecule has 4 atom stereocenters. The Morgan fingerprint density at radius 3 is 1.28 bits per heavy atom. The number of rotatable bonds is 35. The second-order valence-corrected chi connectivity index (χ2v) is 28.2. The zero-order chi connectivity index (χ0) is 38.6. The number of hydrogen-bond acceptors (Lipinski definition) is 10. The molecule has 0 bridgehead atoms. The lowest BCUT2D eigenvalue weighted by atomic mass is 10.1. The first kappa shape index (κ1) is 51.7. The smallest absolute Gasteiger partial charge is 0.147 e. The van der Waals surface area contributed by atoms with E-state index in [0.29, 0.717) is 25.8 Å². The highest BCUT2D eigenvalue weighted by Crippen LogP contribution is 2.43. The Labute approximate surface area is 356 Å². The summed E-state index contributed by atoms with van der Waals surface area (Å²) in [7, 11) is 7.82. The number of hydrogen-bond donors (Lipinski definition) is 0. The largest absolute Gasteiger partial charge is 0.355 e. The van der Waals surface area contributed by atoms with E-state index in [1.807, 2.05) is 19.7 Å². The van der Waals surface area contributed by atoms with E-state index >= 15 is 0 Å². The van der Waals surface area contributed by atoms with Crippen LogP contribution in [0.25, 0.3) is 0 Å². The van der Waals surface area contributed by atoms with Crippen LogP contribution in [0.4, 0.5) is 0 Å². The molecule has 0 saturated carbocycles. The summed E-state index contributed by atoms with van der Waals surface area (Å²) in [6.45, 7) is 17.2. The van der Waals surface area contributed by atoms with E-state index in [1.165, 1.54) is 192 Å². The van der Waals surface area contributed by atoms with Crippen molar-refractivity contribution in [1.29, 1.82) is 0 Å². The summed E-state index contributed by atoms with van der Waals surface area (Å²) in [5.41, 5.74) is 1.77. The monoisotopic (exact) mass is 869 g/mol. The van der Waals surface area contributed by atoms with Crippen molar-refractivity contribution in [1.82, 2.24) is 9.13 Å². The highest BCUT2D eigenvalue weighted by molar-refractivity contribution is 9.26. The van der Waals surface area contributed by atoms with Gasteiger partial charge in [-0.15, -0.1) is 0 Å². The minimum atomic E-state index is -0.153. The summed E-state index contributed by atoms with van der Waals surface area (Å²) >= 11 is 0. The van der Waals surface area contributed by atoms with E-state index in [1.54, 1.807) is 0 Å². The standard InChI is InChI=1S/C42H88N2O4S4Si2/c1-5-7-9-11-13-15-17-19-33-45-37-47-41-25-23-39(3)53-43(31-27-41)29-21-35-49-51-52-50-36-22-30-44-32-28-42(26-24-40(4)54-44)48-38-46-34-20-18-16-14-12-10-8-6-2/h39-42H,5-38,53-54H2,1-4H3. The maximum Gasteiger partial charge on any atom is 0.147 e. The van der Waals surface area contributed by atoms with Crippen molar-refractivity contribution < 1.29 is 18.9 Å². The third-order valence-corrected chi connectivity index (χ3v) is 22.2. The molecule has 2 fully saturated rings. The zero-order valence-corrected chi connectivity index (χ0v) is 42.0. The fraction of sp³-hybridized carbons (Fsp3) is 1.00. The third kappa shape index (κ3) is 31.5. The van der Waals surface area contributed by atoms with E-state index in [9.17, 15) is 0 Å². The first-order valence-electron chi connectivity index (χ1n) is 23.0. The van der Waals surface area contributed by atoms with Gasteiger partial charge in [-0.2, -0.15) is 0 Å². The van der Waals surface area contributed by atoms with Crippen molar-refractivity contribution in [2.75, 3.05) is 64.5 Å². The number of nitrogens with zero attached hydrogens (tertiary/aromatic N) is 2. The molecule has 0 amide bonds. The fourth-order valence-electron chi connectivity index (χ4n) is 7.75. The molecule has 4 unspecified atom stereocenters. The average Bonchev–Trinajstić information content (AvgIpc) is 3.16. The molecule has 0 aromatic heterocycles. The normalized spacial score (nSPS) is 23.1. The van der Waals surface area contributed by atoms with E-state index in [2.05, 4.69) is 58.4 Å². The van der Waals surface area contributed by atoms with Crippen molar-refractivity contribution >= 4 is 60.6 Å². The molecule has 2 heterocycles. The Bertz CT molecular complexity index is 741. The second kappa shape index (κ2) is 38.8. The van der Waals surface area contributed by atoms with Gasteiger partial charge in [0.1, 0.15) is 13.6 Å². The van der Waals surface area contributed by atoms with Crippen molar-refractivity contribution in [2.24, 2.45) is 0 Å².